The summed E-state index contributed by atoms with van der Waals surface area (Å²) in [6.45, 7) is 1.46. The van der Waals surface area contributed by atoms with E-state index in [0.29, 0.717) is 17.1 Å². The maximum absolute atomic E-state index is 12.4. The molecule has 3 rings (SSSR count). The second-order valence-electron chi connectivity index (χ2n) is 7.28. The molecule has 1 saturated heterocycles. The van der Waals surface area contributed by atoms with Gasteiger partial charge in [0.15, 0.2) is 0 Å². The number of aliphatic hydroxyl groups excluding tert-OH is 1. The van der Waals surface area contributed by atoms with Crippen LogP contribution in [0.3, 0.4) is 0 Å². The average molecular weight is 458 g/mol. The van der Waals surface area contributed by atoms with Crippen molar-refractivity contribution in [1.29, 1.82) is 5.26 Å². The molecule has 1 aliphatic heterocycles. The minimum atomic E-state index is -3.83. The Morgan fingerprint density at radius 2 is 2.00 bits per heavy atom. The summed E-state index contributed by atoms with van der Waals surface area (Å²) in [7, 11) is -3.83. The van der Waals surface area contributed by atoms with Crippen LogP contribution in [0.5, 0.6) is 0 Å². The van der Waals surface area contributed by atoms with Crippen molar-refractivity contribution in [2.75, 3.05) is 31.2 Å². The van der Waals surface area contributed by atoms with E-state index in [1.54, 1.807) is 42.2 Å². The quantitative estimate of drug-likeness (QED) is 0.539. The molecule has 1 aromatic heterocycles. The minimum Gasteiger partial charge on any atom is -0.460 e. The van der Waals surface area contributed by atoms with E-state index < -0.39 is 27.8 Å². The number of sulfonamides is 1. The van der Waals surface area contributed by atoms with Crippen LogP contribution in [0, 0.1) is 24.2 Å². The largest absolute Gasteiger partial charge is 0.460 e. The highest BCUT2D eigenvalue weighted by molar-refractivity contribution is 7.89. The van der Waals surface area contributed by atoms with Gasteiger partial charge in [0.2, 0.25) is 15.9 Å². The second-order valence-corrected chi connectivity index (χ2v) is 9.00. The number of aryl methyl sites for hydroxylation is 1. The number of esters is 1. The van der Waals surface area contributed by atoms with Crippen LogP contribution in [0.15, 0.2) is 36.4 Å². The SMILES string of the molecule is Cc1nc(N2CC(C(=O)NS(=O)(=O)Cc3ccccc3)C2)c(C#N)cc1C(=O)OCCO. The number of aliphatic hydroxyl groups is 1. The van der Waals surface area contributed by atoms with Crippen molar-refractivity contribution in [3.63, 3.8) is 0 Å². The van der Waals surface area contributed by atoms with Gasteiger partial charge in [0.05, 0.1) is 35.1 Å². The predicted molar refractivity (Wildman–Crippen MR) is 114 cm³/mol. The van der Waals surface area contributed by atoms with Gasteiger partial charge in [0.25, 0.3) is 0 Å². The summed E-state index contributed by atoms with van der Waals surface area (Å²) in [6.07, 6.45) is 0. The lowest BCUT2D eigenvalue weighted by Crippen LogP contribution is -2.55. The lowest BCUT2D eigenvalue weighted by Gasteiger charge is -2.39. The van der Waals surface area contributed by atoms with E-state index in [1.807, 2.05) is 6.07 Å². The summed E-state index contributed by atoms with van der Waals surface area (Å²) < 4.78 is 31.5. The topological polar surface area (TPSA) is 150 Å². The first-order chi connectivity index (χ1) is 15.2. The van der Waals surface area contributed by atoms with Gasteiger partial charge >= 0.3 is 5.97 Å². The van der Waals surface area contributed by atoms with E-state index in [-0.39, 0.29) is 43.2 Å². The third-order valence-corrected chi connectivity index (χ3v) is 6.09. The molecule has 11 heteroatoms. The van der Waals surface area contributed by atoms with E-state index in [2.05, 4.69) is 9.71 Å². The Hall–Kier alpha value is -3.49. The van der Waals surface area contributed by atoms with Crippen LogP contribution in [0.25, 0.3) is 0 Å². The summed E-state index contributed by atoms with van der Waals surface area (Å²) in [4.78, 5) is 30.4. The van der Waals surface area contributed by atoms with Gasteiger partial charge < -0.3 is 14.7 Å². The lowest BCUT2D eigenvalue weighted by atomic mass is 9.98. The van der Waals surface area contributed by atoms with Crippen molar-refractivity contribution in [1.82, 2.24) is 9.71 Å². The van der Waals surface area contributed by atoms with E-state index in [4.69, 9.17) is 9.84 Å². The highest BCUT2D eigenvalue weighted by Crippen LogP contribution is 2.28. The maximum Gasteiger partial charge on any atom is 0.340 e. The third-order valence-electron chi connectivity index (χ3n) is 4.87. The molecular weight excluding hydrogens is 436 g/mol. The summed E-state index contributed by atoms with van der Waals surface area (Å²) in [5.41, 5.74) is 1.14. The van der Waals surface area contributed by atoms with Crippen LogP contribution in [-0.2, 0) is 25.3 Å². The number of hydrogen-bond acceptors (Lipinski definition) is 9. The van der Waals surface area contributed by atoms with Gasteiger partial charge in [-0.05, 0) is 18.6 Å². The van der Waals surface area contributed by atoms with Gasteiger partial charge in [0.1, 0.15) is 18.5 Å². The Morgan fingerprint density at radius 3 is 2.62 bits per heavy atom. The number of nitriles is 1. The molecule has 10 nitrogen and oxygen atoms in total. The van der Waals surface area contributed by atoms with Gasteiger partial charge in [0, 0.05) is 13.1 Å². The Bertz CT molecular complexity index is 1150. The van der Waals surface area contributed by atoms with E-state index >= 15 is 0 Å². The van der Waals surface area contributed by atoms with Crippen molar-refractivity contribution in [2.45, 2.75) is 12.7 Å². The summed E-state index contributed by atoms with van der Waals surface area (Å²) in [5.74, 6) is -1.89. The molecule has 0 aliphatic carbocycles. The van der Waals surface area contributed by atoms with Crippen molar-refractivity contribution < 1.29 is 27.9 Å². The fourth-order valence-electron chi connectivity index (χ4n) is 3.22. The summed E-state index contributed by atoms with van der Waals surface area (Å²) in [5, 5.41) is 18.2. The van der Waals surface area contributed by atoms with Crippen LogP contribution in [0.2, 0.25) is 0 Å². The number of rotatable bonds is 8. The second kappa shape index (κ2) is 9.76. The molecule has 1 amide bonds. The molecule has 168 valence electrons. The van der Waals surface area contributed by atoms with Gasteiger partial charge in [-0.1, -0.05) is 30.3 Å². The number of carbonyl (C=O) groups excluding carboxylic acids is 2. The molecule has 0 radical (unpaired) electrons. The Balaban J connectivity index is 1.64. The minimum absolute atomic E-state index is 0.112. The molecular formula is C21H22N4O6S. The van der Waals surface area contributed by atoms with Crippen LogP contribution < -0.4 is 9.62 Å². The first-order valence-corrected chi connectivity index (χ1v) is 11.4. The Labute approximate surface area is 185 Å². The maximum atomic E-state index is 12.4. The molecule has 32 heavy (non-hydrogen) atoms. The van der Waals surface area contributed by atoms with E-state index in [0.717, 1.165) is 0 Å². The zero-order valence-corrected chi connectivity index (χ0v) is 18.1. The molecule has 1 aromatic carbocycles. The van der Waals surface area contributed by atoms with E-state index in [9.17, 15) is 23.3 Å². The van der Waals surface area contributed by atoms with Gasteiger partial charge in [-0.25, -0.2) is 18.2 Å². The van der Waals surface area contributed by atoms with Gasteiger partial charge in [-0.3, -0.25) is 9.52 Å². The number of aromatic nitrogens is 1. The smallest absolute Gasteiger partial charge is 0.340 e. The molecule has 0 atom stereocenters. The zero-order valence-electron chi connectivity index (χ0n) is 17.3. The fourth-order valence-corrected chi connectivity index (χ4v) is 4.40. The number of benzene rings is 1. The van der Waals surface area contributed by atoms with Crippen LogP contribution in [0.1, 0.15) is 27.2 Å². The summed E-state index contributed by atoms with van der Waals surface area (Å²) in [6, 6.07) is 11.9. The number of amides is 1. The number of carbonyl (C=O) groups is 2. The average Bonchev–Trinajstić information content (AvgIpc) is 2.71. The monoisotopic (exact) mass is 458 g/mol. The van der Waals surface area contributed by atoms with Gasteiger partial charge in [-0.2, -0.15) is 5.26 Å². The number of hydrogen-bond donors (Lipinski definition) is 2. The fraction of sp³-hybridized carbons (Fsp3) is 0.333. The molecule has 2 N–H and O–H groups in total. The molecule has 0 unspecified atom stereocenters. The standard InChI is InChI=1S/C21H22N4O6S/c1-14-18(21(28)31-8-7-26)9-16(10-22)19(23-14)25-11-17(12-25)20(27)24-32(29,30)13-15-5-3-2-4-6-15/h2-6,9,17,26H,7-8,11-13H2,1H3,(H,24,27). The molecule has 0 spiro atoms. The van der Waals surface area contributed by atoms with E-state index in [1.165, 1.54) is 6.07 Å². The molecule has 2 heterocycles. The summed E-state index contributed by atoms with van der Waals surface area (Å²) >= 11 is 0. The highest BCUT2D eigenvalue weighted by atomic mass is 32.2. The molecule has 0 bridgehead atoms. The number of anilines is 1. The first-order valence-electron chi connectivity index (χ1n) is 9.77. The molecule has 1 fully saturated rings. The number of nitrogens with one attached hydrogen (secondary N) is 1. The van der Waals surface area contributed by atoms with Crippen molar-refractivity contribution >= 4 is 27.7 Å². The molecule has 0 saturated carbocycles. The highest BCUT2D eigenvalue weighted by Gasteiger charge is 2.36. The lowest BCUT2D eigenvalue weighted by molar-refractivity contribution is -0.123. The Kier molecular flexibility index (Phi) is 7.07. The molecule has 2 aromatic rings. The van der Waals surface area contributed by atoms with Crippen molar-refractivity contribution in [3.8, 4) is 6.07 Å². The van der Waals surface area contributed by atoms with Crippen molar-refractivity contribution in [3.05, 3.63) is 58.8 Å². The third kappa shape index (κ3) is 5.40. The number of nitrogens with zero attached hydrogens (tertiary/aromatic N) is 3. The van der Waals surface area contributed by atoms with Crippen molar-refractivity contribution in [2.24, 2.45) is 5.92 Å². The van der Waals surface area contributed by atoms with Crippen LogP contribution >= 0.6 is 0 Å². The number of ether oxygens (including phenoxy) is 1. The predicted octanol–water partition coefficient (Wildman–Crippen LogP) is 0.493. The zero-order chi connectivity index (χ0) is 23.3. The Morgan fingerprint density at radius 1 is 1.31 bits per heavy atom. The van der Waals surface area contributed by atoms with Crippen LogP contribution in [0.4, 0.5) is 5.82 Å². The van der Waals surface area contributed by atoms with Crippen LogP contribution in [-0.4, -0.2) is 56.7 Å². The number of pyridine rings is 1. The molecule has 1 aliphatic rings. The first kappa shape index (κ1) is 23.2. The van der Waals surface area contributed by atoms with Gasteiger partial charge in [-0.15, -0.1) is 0 Å². The normalized spacial score (nSPS) is 13.7.